The first-order chi connectivity index (χ1) is 21.9. The van der Waals surface area contributed by atoms with Gasteiger partial charge in [-0.1, -0.05) is 58.9 Å². The van der Waals surface area contributed by atoms with Crippen molar-refractivity contribution in [1.29, 1.82) is 0 Å². The maximum atomic E-state index is 13.4. The number of ether oxygens (including phenoxy) is 1. The highest BCUT2D eigenvalue weighted by molar-refractivity contribution is 6.05. The number of benzene rings is 1. The zero-order valence-corrected chi connectivity index (χ0v) is 27.9. The summed E-state index contributed by atoms with van der Waals surface area (Å²) < 4.78 is 10.3. The zero-order valence-electron chi connectivity index (χ0n) is 27.9. The second-order valence-electron chi connectivity index (χ2n) is 13.4. The molecular formula is C34H46N10O2. The molecule has 0 bridgehead atoms. The van der Waals surface area contributed by atoms with Gasteiger partial charge in [-0.05, 0) is 50.2 Å². The standard InChI is InChI=1S/C34H46N10O2/c1-22(2)32-41-40-31-15-12-24(21-44(31)32)46-28-14-13-27(25-10-8-9-11-26(25)28)38-33(45)39-30(18-29(35)34(3,4)5)37-23-19-36-43(20-23)17-16-42(6)7/h8-12,15,18-22,27-28H,13-14,16-17,35H2,1-7H3,(H2,37,38,39,45)/t27-,28+/m0/s1. The molecule has 4 N–H and O–H groups in total. The molecule has 2 atom stereocenters. The van der Waals surface area contributed by atoms with E-state index in [-0.39, 0.29) is 29.5 Å². The second-order valence-corrected chi connectivity index (χ2v) is 13.4. The van der Waals surface area contributed by atoms with E-state index in [1.54, 1.807) is 12.3 Å². The van der Waals surface area contributed by atoms with Gasteiger partial charge in [0.2, 0.25) is 0 Å². The predicted molar refractivity (Wildman–Crippen MR) is 180 cm³/mol. The number of amides is 2. The van der Waals surface area contributed by atoms with Crippen LogP contribution >= 0.6 is 0 Å². The number of hydrogen-bond acceptors (Lipinski definition) is 8. The number of urea groups is 1. The van der Waals surface area contributed by atoms with Gasteiger partial charge in [0, 0.05) is 29.7 Å². The molecule has 12 nitrogen and oxygen atoms in total. The van der Waals surface area contributed by atoms with Crippen LogP contribution in [0.1, 0.15) is 82.5 Å². The smallest absolute Gasteiger partial charge is 0.320 e. The summed E-state index contributed by atoms with van der Waals surface area (Å²) in [5.41, 5.74) is 10.2. The molecule has 1 aromatic carbocycles. The van der Waals surface area contributed by atoms with Gasteiger partial charge in [0.25, 0.3) is 0 Å². The van der Waals surface area contributed by atoms with Crippen LogP contribution in [0.25, 0.3) is 5.65 Å². The van der Waals surface area contributed by atoms with Crippen LogP contribution in [-0.4, -0.2) is 61.8 Å². The predicted octanol–water partition coefficient (Wildman–Crippen LogP) is 5.48. The summed E-state index contributed by atoms with van der Waals surface area (Å²) >= 11 is 0. The van der Waals surface area contributed by atoms with Crippen molar-refractivity contribution < 1.29 is 9.53 Å². The first kappa shape index (κ1) is 32.7. The summed E-state index contributed by atoms with van der Waals surface area (Å²) in [7, 11) is 4.03. The molecule has 0 fully saturated rings. The third-order valence-corrected chi connectivity index (χ3v) is 7.98. The summed E-state index contributed by atoms with van der Waals surface area (Å²) in [5, 5.41) is 19.1. The quantitative estimate of drug-likeness (QED) is 0.165. The number of aliphatic imine (C=N–C) groups is 1. The van der Waals surface area contributed by atoms with Gasteiger partial charge in [-0.25, -0.2) is 9.79 Å². The molecule has 1 aliphatic carbocycles. The Balaban J connectivity index is 1.32. The Morgan fingerprint density at radius 1 is 1.13 bits per heavy atom. The number of carbonyl (C=O) groups excluding carboxylic acids is 1. The van der Waals surface area contributed by atoms with Crippen molar-refractivity contribution in [3.63, 3.8) is 0 Å². The average molecular weight is 627 g/mol. The van der Waals surface area contributed by atoms with Crippen LogP contribution in [0.15, 0.2) is 71.8 Å². The lowest BCUT2D eigenvalue weighted by atomic mass is 9.85. The van der Waals surface area contributed by atoms with Gasteiger partial charge < -0.3 is 20.7 Å². The van der Waals surface area contributed by atoms with Gasteiger partial charge in [-0.15, -0.1) is 10.2 Å². The summed E-state index contributed by atoms with van der Waals surface area (Å²) in [6.45, 7) is 11.8. The third kappa shape index (κ3) is 7.92. The number of rotatable bonds is 9. The molecule has 2 amide bonds. The van der Waals surface area contributed by atoms with Gasteiger partial charge in [-0.2, -0.15) is 5.10 Å². The lowest BCUT2D eigenvalue weighted by Crippen LogP contribution is -2.42. The van der Waals surface area contributed by atoms with Crippen LogP contribution in [0.3, 0.4) is 0 Å². The molecular weight excluding hydrogens is 580 g/mol. The number of carbonyl (C=O) groups is 1. The van der Waals surface area contributed by atoms with Gasteiger partial charge in [-0.3, -0.25) is 14.4 Å². The highest BCUT2D eigenvalue weighted by atomic mass is 16.5. The van der Waals surface area contributed by atoms with E-state index < -0.39 is 0 Å². The topological polar surface area (TPSA) is 140 Å². The van der Waals surface area contributed by atoms with Crippen molar-refractivity contribution in [3.05, 3.63) is 83.7 Å². The minimum Gasteiger partial charge on any atom is -0.484 e. The first-order valence-electron chi connectivity index (χ1n) is 15.8. The van der Waals surface area contributed by atoms with E-state index in [4.69, 9.17) is 15.5 Å². The molecule has 0 unspecified atom stereocenters. The first-order valence-corrected chi connectivity index (χ1v) is 15.8. The molecule has 0 saturated heterocycles. The van der Waals surface area contributed by atoms with Crippen molar-refractivity contribution in [2.75, 3.05) is 20.6 Å². The maximum absolute atomic E-state index is 13.4. The molecule has 3 heterocycles. The van der Waals surface area contributed by atoms with Crippen molar-refractivity contribution >= 4 is 23.2 Å². The van der Waals surface area contributed by atoms with Crippen LogP contribution in [-0.2, 0) is 6.54 Å². The summed E-state index contributed by atoms with van der Waals surface area (Å²) in [4.78, 5) is 20.2. The summed E-state index contributed by atoms with van der Waals surface area (Å²) in [6, 6.07) is 11.4. The number of allylic oxidation sites excluding steroid dienone is 1. The van der Waals surface area contributed by atoms with E-state index in [9.17, 15) is 4.79 Å². The van der Waals surface area contributed by atoms with Crippen molar-refractivity contribution in [2.45, 2.75) is 72.1 Å². The number of pyridine rings is 1. The molecule has 244 valence electrons. The van der Waals surface area contributed by atoms with Crippen molar-refractivity contribution in [3.8, 4) is 5.75 Å². The van der Waals surface area contributed by atoms with E-state index >= 15 is 0 Å². The normalized spacial score (nSPS) is 17.4. The number of nitrogens with one attached hydrogen (secondary N) is 2. The molecule has 4 aromatic rings. The number of aromatic nitrogens is 5. The Hall–Kier alpha value is -4.71. The molecule has 46 heavy (non-hydrogen) atoms. The fraction of sp³-hybridized carbons (Fsp3) is 0.441. The summed E-state index contributed by atoms with van der Waals surface area (Å²) in [6.07, 6.45) is 8.46. The van der Waals surface area contributed by atoms with Crippen molar-refractivity contribution in [2.24, 2.45) is 16.1 Å². The van der Waals surface area contributed by atoms with Gasteiger partial charge in [0.15, 0.2) is 5.65 Å². The van der Waals surface area contributed by atoms with E-state index in [0.29, 0.717) is 23.6 Å². The van der Waals surface area contributed by atoms with Crippen molar-refractivity contribution in [1.82, 2.24) is 39.9 Å². The fourth-order valence-electron chi connectivity index (χ4n) is 5.28. The SMILES string of the molecule is CC(C)c1nnc2ccc(O[C@@H]3CC[C@H](NC(=O)NC(C=C(N)C(C)(C)C)=Nc4cnn(CCN(C)C)c4)c4ccccc43)cn12. The second kappa shape index (κ2) is 13.7. The molecule has 0 aliphatic heterocycles. The van der Waals surface area contributed by atoms with Crippen LogP contribution in [0.2, 0.25) is 0 Å². The lowest BCUT2D eigenvalue weighted by Gasteiger charge is -2.32. The highest BCUT2D eigenvalue weighted by Crippen LogP contribution is 2.39. The minimum absolute atomic E-state index is 0.163. The molecule has 0 radical (unpaired) electrons. The zero-order chi connectivity index (χ0) is 33.0. The molecule has 0 saturated carbocycles. The Morgan fingerprint density at radius 3 is 2.61 bits per heavy atom. The monoisotopic (exact) mass is 626 g/mol. The molecule has 3 aromatic heterocycles. The molecule has 1 aliphatic rings. The number of amidine groups is 1. The van der Waals surface area contributed by atoms with Gasteiger partial charge in [0.1, 0.15) is 29.2 Å². The number of likely N-dealkylation sites (N-methyl/N-ethyl adjacent to an activating group) is 1. The number of fused-ring (bicyclic) bond motifs is 2. The number of hydrogen-bond donors (Lipinski definition) is 3. The van der Waals surface area contributed by atoms with Crippen LogP contribution in [0.4, 0.5) is 10.5 Å². The third-order valence-electron chi connectivity index (χ3n) is 7.98. The number of nitrogens with two attached hydrogens (primary N) is 1. The van der Waals surface area contributed by atoms with Gasteiger partial charge >= 0.3 is 6.03 Å². The average Bonchev–Trinajstić information content (AvgIpc) is 3.63. The Morgan fingerprint density at radius 2 is 1.89 bits per heavy atom. The van der Waals surface area contributed by atoms with E-state index in [0.717, 1.165) is 47.9 Å². The maximum Gasteiger partial charge on any atom is 0.320 e. The Labute approximate surface area is 270 Å². The summed E-state index contributed by atoms with van der Waals surface area (Å²) in [5.74, 6) is 2.20. The van der Waals surface area contributed by atoms with E-state index in [2.05, 4.69) is 50.7 Å². The molecule has 0 spiro atoms. The lowest BCUT2D eigenvalue weighted by molar-refractivity contribution is 0.171. The van der Waals surface area contributed by atoms with Crippen LogP contribution in [0.5, 0.6) is 5.75 Å². The van der Waals surface area contributed by atoms with Crippen LogP contribution in [0, 0.1) is 5.41 Å². The van der Waals surface area contributed by atoms with Crippen LogP contribution < -0.4 is 21.1 Å². The number of nitrogens with zero attached hydrogens (tertiary/aromatic N) is 7. The molecule has 12 heteroatoms. The molecule has 5 rings (SSSR count). The Bertz CT molecular complexity index is 1730. The van der Waals surface area contributed by atoms with E-state index in [1.807, 2.05) is 86.7 Å². The fourth-order valence-corrected chi connectivity index (χ4v) is 5.28. The Kier molecular flexibility index (Phi) is 9.76. The van der Waals surface area contributed by atoms with Gasteiger partial charge in [0.05, 0.1) is 31.2 Å². The highest BCUT2D eigenvalue weighted by Gasteiger charge is 2.30. The minimum atomic E-state index is -0.366. The largest absolute Gasteiger partial charge is 0.484 e. The van der Waals surface area contributed by atoms with E-state index in [1.165, 1.54) is 0 Å².